The molecule has 14 heavy (non-hydrogen) atoms. The summed E-state index contributed by atoms with van der Waals surface area (Å²) >= 11 is 0. The largest absolute Gasteiger partial charge is 0.359 e. The SMILES string of the molecule is C/C=C(/CC)Nc1ccc(C)cc1C. The number of allylic oxidation sites excluding steroid dienone is 2. The first-order valence-corrected chi connectivity index (χ1v) is 5.16. The highest BCUT2D eigenvalue weighted by atomic mass is 14.9. The van der Waals surface area contributed by atoms with Crippen LogP contribution in [-0.2, 0) is 0 Å². The molecule has 0 aromatic heterocycles. The van der Waals surface area contributed by atoms with Gasteiger partial charge in [0.2, 0.25) is 0 Å². The highest BCUT2D eigenvalue weighted by Crippen LogP contribution is 2.18. The highest BCUT2D eigenvalue weighted by molar-refractivity contribution is 5.55. The number of rotatable bonds is 3. The maximum Gasteiger partial charge on any atom is 0.0411 e. The van der Waals surface area contributed by atoms with Gasteiger partial charge in [-0.15, -0.1) is 0 Å². The van der Waals surface area contributed by atoms with Crippen LogP contribution in [0.4, 0.5) is 5.69 Å². The maximum atomic E-state index is 3.43. The van der Waals surface area contributed by atoms with Crippen molar-refractivity contribution >= 4 is 5.69 Å². The third kappa shape index (κ3) is 2.63. The summed E-state index contributed by atoms with van der Waals surface area (Å²) in [5, 5.41) is 3.43. The lowest BCUT2D eigenvalue weighted by atomic mass is 10.1. The van der Waals surface area contributed by atoms with Gasteiger partial charge in [0.15, 0.2) is 0 Å². The van der Waals surface area contributed by atoms with Crippen molar-refractivity contribution in [2.75, 3.05) is 5.32 Å². The van der Waals surface area contributed by atoms with Gasteiger partial charge in [-0.3, -0.25) is 0 Å². The van der Waals surface area contributed by atoms with Crippen molar-refractivity contribution in [3.05, 3.63) is 41.1 Å². The number of benzene rings is 1. The first-order chi connectivity index (χ1) is 6.67. The maximum absolute atomic E-state index is 3.43. The van der Waals surface area contributed by atoms with E-state index in [1.165, 1.54) is 22.5 Å². The van der Waals surface area contributed by atoms with Crippen LogP contribution in [0.1, 0.15) is 31.4 Å². The Morgan fingerprint density at radius 2 is 2.07 bits per heavy atom. The monoisotopic (exact) mass is 189 g/mol. The second-order valence-corrected chi connectivity index (χ2v) is 3.61. The Balaban J connectivity index is 2.87. The molecule has 0 fully saturated rings. The molecule has 1 nitrogen and oxygen atoms in total. The van der Waals surface area contributed by atoms with Crippen molar-refractivity contribution in [3.8, 4) is 0 Å². The summed E-state index contributed by atoms with van der Waals surface area (Å²) in [6, 6.07) is 6.48. The van der Waals surface area contributed by atoms with Gasteiger partial charge in [0.1, 0.15) is 0 Å². The van der Waals surface area contributed by atoms with Crippen molar-refractivity contribution in [2.24, 2.45) is 0 Å². The smallest absolute Gasteiger partial charge is 0.0411 e. The van der Waals surface area contributed by atoms with E-state index in [-0.39, 0.29) is 0 Å². The van der Waals surface area contributed by atoms with Gasteiger partial charge < -0.3 is 5.32 Å². The normalized spacial score (nSPS) is 11.6. The van der Waals surface area contributed by atoms with Gasteiger partial charge >= 0.3 is 0 Å². The summed E-state index contributed by atoms with van der Waals surface area (Å²) in [6.45, 7) is 8.48. The van der Waals surface area contributed by atoms with E-state index in [9.17, 15) is 0 Å². The summed E-state index contributed by atoms with van der Waals surface area (Å²) in [5.74, 6) is 0. The summed E-state index contributed by atoms with van der Waals surface area (Å²) < 4.78 is 0. The zero-order valence-corrected chi connectivity index (χ0v) is 9.52. The molecular formula is C13H19N. The van der Waals surface area contributed by atoms with Crippen LogP contribution in [0.3, 0.4) is 0 Å². The molecule has 1 rings (SSSR count). The first kappa shape index (κ1) is 10.8. The van der Waals surface area contributed by atoms with Crippen LogP contribution in [0.2, 0.25) is 0 Å². The predicted octanol–water partition coefficient (Wildman–Crippen LogP) is 4.03. The molecule has 0 radical (unpaired) electrons. The van der Waals surface area contributed by atoms with Crippen molar-refractivity contribution in [3.63, 3.8) is 0 Å². The Kier molecular flexibility index (Phi) is 3.75. The molecule has 0 heterocycles. The molecule has 76 valence electrons. The molecule has 0 saturated heterocycles. The van der Waals surface area contributed by atoms with Crippen LogP contribution in [0.25, 0.3) is 0 Å². The Morgan fingerprint density at radius 3 is 2.57 bits per heavy atom. The van der Waals surface area contributed by atoms with Crippen molar-refractivity contribution < 1.29 is 0 Å². The van der Waals surface area contributed by atoms with Gasteiger partial charge in [-0.1, -0.05) is 30.7 Å². The lowest BCUT2D eigenvalue weighted by molar-refractivity contribution is 1.09. The molecule has 0 unspecified atom stereocenters. The summed E-state index contributed by atoms with van der Waals surface area (Å²) in [4.78, 5) is 0. The van der Waals surface area contributed by atoms with Gasteiger partial charge in [0.05, 0.1) is 0 Å². The molecule has 0 atom stereocenters. The van der Waals surface area contributed by atoms with Gasteiger partial charge in [-0.05, 0) is 38.8 Å². The van der Waals surface area contributed by atoms with Crippen molar-refractivity contribution in [2.45, 2.75) is 34.1 Å². The minimum absolute atomic E-state index is 1.05. The molecule has 0 aliphatic carbocycles. The average molecular weight is 189 g/mol. The third-order valence-corrected chi connectivity index (χ3v) is 2.41. The molecule has 0 bridgehead atoms. The molecule has 0 aliphatic rings. The van der Waals surface area contributed by atoms with Crippen LogP contribution in [0, 0.1) is 13.8 Å². The standard InChI is InChI=1S/C13H19N/c1-5-12(6-2)14-13-8-7-10(3)9-11(13)4/h5,7-9,14H,6H2,1-4H3/b12-5-. The van der Waals surface area contributed by atoms with E-state index in [2.05, 4.69) is 57.3 Å². The molecule has 0 saturated carbocycles. The molecule has 0 aliphatic heterocycles. The fourth-order valence-corrected chi connectivity index (χ4v) is 1.49. The topological polar surface area (TPSA) is 12.0 Å². The zero-order chi connectivity index (χ0) is 10.6. The lowest BCUT2D eigenvalue weighted by Gasteiger charge is -2.11. The number of aryl methyl sites for hydroxylation is 2. The van der Waals surface area contributed by atoms with Crippen molar-refractivity contribution in [1.29, 1.82) is 0 Å². The number of nitrogens with one attached hydrogen (secondary N) is 1. The van der Waals surface area contributed by atoms with Crippen LogP contribution in [0.15, 0.2) is 30.0 Å². The first-order valence-electron chi connectivity index (χ1n) is 5.16. The Labute approximate surface area is 86.8 Å². The Hall–Kier alpha value is -1.24. The van der Waals surface area contributed by atoms with Crippen molar-refractivity contribution in [1.82, 2.24) is 0 Å². The fraction of sp³-hybridized carbons (Fsp3) is 0.385. The molecular weight excluding hydrogens is 170 g/mol. The molecule has 1 heteroatoms. The van der Waals surface area contributed by atoms with E-state index >= 15 is 0 Å². The lowest BCUT2D eigenvalue weighted by Crippen LogP contribution is -1.99. The highest BCUT2D eigenvalue weighted by Gasteiger charge is 1.98. The molecule has 1 aromatic carbocycles. The summed E-state index contributed by atoms with van der Waals surface area (Å²) in [6.07, 6.45) is 3.17. The van der Waals surface area contributed by atoms with Crippen LogP contribution >= 0.6 is 0 Å². The van der Waals surface area contributed by atoms with E-state index in [1.807, 2.05) is 0 Å². The zero-order valence-electron chi connectivity index (χ0n) is 9.52. The average Bonchev–Trinajstić information content (AvgIpc) is 2.17. The number of anilines is 1. The molecule has 1 aromatic rings. The fourth-order valence-electron chi connectivity index (χ4n) is 1.49. The second kappa shape index (κ2) is 4.85. The predicted molar refractivity (Wildman–Crippen MR) is 63.6 cm³/mol. The summed E-state index contributed by atoms with van der Waals surface area (Å²) in [7, 11) is 0. The van der Waals surface area contributed by atoms with E-state index in [1.54, 1.807) is 0 Å². The minimum Gasteiger partial charge on any atom is -0.359 e. The quantitative estimate of drug-likeness (QED) is 0.757. The van der Waals surface area contributed by atoms with Crippen LogP contribution in [0.5, 0.6) is 0 Å². The van der Waals surface area contributed by atoms with Gasteiger partial charge in [-0.25, -0.2) is 0 Å². The van der Waals surface area contributed by atoms with E-state index in [0.717, 1.165) is 6.42 Å². The van der Waals surface area contributed by atoms with E-state index < -0.39 is 0 Å². The molecule has 1 N–H and O–H groups in total. The number of hydrogen-bond donors (Lipinski definition) is 1. The Morgan fingerprint density at radius 1 is 1.36 bits per heavy atom. The van der Waals surface area contributed by atoms with E-state index in [0.29, 0.717) is 0 Å². The van der Waals surface area contributed by atoms with Crippen LogP contribution < -0.4 is 5.32 Å². The third-order valence-electron chi connectivity index (χ3n) is 2.41. The minimum atomic E-state index is 1.05. The molecule has 0 amide bonds. The van der Waals surface area contributed by atoms with Gasteiger partial charge in [0, 0.05) is 11.4 Å². The second-order valence-electron chi connectivity index (χ2n) is 3.61. The molecule has 0 spiro atoms. The van der Waals surface area contributed by atoms with Gasteiger partial charge in [0.25, 0.3) is 0 Å². The van der Waals surface area contributed by atoms with Gasteiger partial charge in [-0.2, -0.15) is 0 Å². The van der Waals surface area contributed by atoms with E-state index in [4.69, 9.17) is 0 Å². The number of hydrogen-bond acceptors (Lipinski definition) is 1. The summed E-state index contributed by atoms with van der Waals surface area (Å²) in [5.41, 5.74) is 5.10. The Bertz CT molecular complexity index is 337. The van der Waals surface area contributed by atoms with Crippen LogP contribution in [-0.4, -0.2) is 0 Å².